The fraction of sp³-hybridized carbons (Fsp3) is 0.700. The molecule has 0 N–H and O–H groups in total. The van der Waals surface area contributed by atoms with Crippen LogP contribution in [-0.2, 0) is 33.4 Å². The first-order chi connectivity index (χ1) is 12.7. The summed E-state index contributed by atoms with van der Waals surface area (Å²) in [5, 5.41) is 0. The summed E-state index contributed by atoms with van der Waals surface area (Å²) >= 11 is 0. The number of carbonyl (C=O) groups is 4. The summed E-state index contributed by atoms with van der Waals surface area (Å²) in [7, 11) is 0. The number of hydrogen-bond donors (Lipinski definition) is 0. The van der Waals surface area contributed by atoms with Crippen LogP contribution in [0.1, 0.15) is 60.3 Å². The molecule has 0 radical (unpaired) electrons. The van der Waals surface area contributed by atoms with Gasteiger partial charge in [0.15, 0.2) is 0 Å². The highest BCUT2D eigenvalue weighted by Crippen LogP contribution is 2.59. The van der Waals surface area contributed by atoms with Gasteiger partial charge < -0.3 is 14.2 Å². The van der Waals surface area contributed by atoms with E-state index in [4.69, 9.17) is 14.2 Å². The second-order valence-electron chi connectivity index (χ2n) is 7.48. The van der Waals surface area contributed by atoms with Crippen molar-refractivity contribution >= 4 is 23.7 Å². The van der Waals surface area contributed by atoms with Crippen molar-refractivity contribution in [3.05, 3.63) is 11.1 Å². The van der Waals surface area contributed by atoms with Crippen molar-refractivity contribution < 1.29 is 33.4 Å². The average Bonchev–Trinajstić information content (AvgIpc) is 2.52. The maximum atomic E-state index is 12.9. The SMILES string of the molecule is CCOC(=O)C1=C(C(=O)OC(C)C)[C@@H](C(=O)OC(C)C)[C@]12CCCCC2=O. The smallest absolute Gasteiger partial charge is 0.335 e. The molecular weight excluding hydrogens is 352 g/mol. The van der Waals surface area contributed by atoms with E-state index in [1.54, 1.807) is 34.6 Å². The summed E-state index contributed by atoms with van der Waals surface area (Å²) in [6.45, 7) is 8.46. The lowest BCUT2D eigenvalue weighted by Gasteiger charge is -2.49. The highest BCUT2D eigenvalue weighted by atomic mass is 16.6. The zero-order valence-corrected chi connectivity index (χ0v) is 16.6. The third kappa shape index (κ3) is 3.77. The summed E-state index contributed by atoms with van der Waals surface area (Å²) in [6, 6.07) is 0. The van der Waals surface area contributed by atoms with Crippen LogP contribution >= 0.6 is 0 Å². The maximum Gasteiger partial charge on any atom is 0.335 e. The molecule has 0 bridgehead atoms. The molecule has 7 heteroatoms. The Morgan fingerprint density at radius 1 is 1.04 bits per heavy atom. The van der Waals surface area contributed by atoms with Gasteiger partial charge in [0.1, 0.15) is 11.7 Å². The zero-order valence-electron chi connectivity index (χ0n) is 16.6. The Kier molecular flexibility index (Phi) is 6.44. The molecular formula is C20H28O7. The van der Waals surface area contributed by atoms with E-state index >= 15 is 0 Å². The molecule has 27 heavy (non-hydrogen) atoms. The highest BCUT2D eigenvalue weighted by molar-refractivity contribution is 6.16. The predicted octanol–water partition coefficient (Wildman–Crippen LogP) is 2.51. The van der Waals surface area contributed by atoms with Crippen molar-refractivity contribution in [1.29, 1.82) is 0 Å². The van der Waals surface area contributed by atoms with Crippen molar-refractivity contribution in [3.63, 3.8) is 0 Å². The van der Waals surface area contributed by atoms with Crippen molar-refractivity contribution in [2.24, 2.45) is 11.3 Å². The van der Waals surface area contributed by atoms with Gasteiger partial charge in [-0.1, -0.05) is 6.42 Å². The quantitative estimate of drug-likeness (QED) is 0.516. The Morgan fingerprint density at radius 3 is 2.19 bits per heavy atom. The fourth-order valence-corrected chi connectivity index (χ4v) is 3.93. The molecule has 0 heterocycles. The third-order valence-electron chi connectivity index (χ3n) is 4.85. The molecule has 150 valence electrons. The van der Waals surface area contributed by atoms with E-state index in [-0.39, 0.29) is 30.0 Å². The molecule has 0 amide bonds. The minimum Gasteiger partial charge on any atom is -0.463 e. The molecule has 0 aromatic heterocycles. The van der Waals surface area contributed by atoms with Crippen LogP contribution in [0.4, 0.5) is 0 Å². The van der Waals surface area contributed by atoms with Crippen molar-refractivity contribution in [1.82, 2.24) is 0 Å². The topological polar surface area (TPSA) is 96.0 Å². The van der Waals surface area contributed by atoms with Gasteiger partial charge in [-0.3, -0.25) is 9.59 Å². The van der Waals surface area contributed by atoms with E-state index < -0.39 is 41.4 Å². The van der Waals surface area contributed by atoms with E-state index in [0.717, 1.165) is 0 Å². The summed E-state index contributed by atoms with van der Waals surface area (Å²) in [5.41, 5.74) is -1.46. The first-order valence-electron chi connectivity index (χ1n) is 9.53. The molecule has 0 aromatic carbocycles. The predicted molar refractivity (Wildman–Crippen MR) is 95.5 cm³/mol. The molecule has 1 saturated carbocycles. The van der Waals surface area contributed by atoms with Crippen LogP contribution in [0.15, 0.2) is 11.1 Å². The first-order valence-corrected chi connectivity index (χ1v) is 9.53. The summed E-state index contributed by atoms with van der Waals surface area (Å²) < 4.78 is 15.7. The molecule has 0 unspecified atom stereocenters. The lowest BCUT2D eigenvalue weighted by Crippen LogP contribution is -2.58. The van der Waals surface area contributed by atoms with Crippen LogP contribution in [0.2, 0.25) is 0 Å². The lowest BCUT2D eigenvalue weighted by molar-refractivity contribution is -0.167. The second kappa shape index (κ2) is 8.23. The molecule has 2 rings (SSSR count). The average molecular weight is 380 g/mol. The van der Waals surface area contributed by atoms with Crippen LogP contribution in [0.3, 0.4) is 0 Å². The molecule has 2 aliphatic carbocycles. The molecule has 0 saturated heterocycles. The second-order valence-corrected chi connectivity index (χ2v) is 7.48. The van der Waals surface area contributed by atoms with E-state index in [0.29, 0.717) is 19.3 Å². The molecule has 2 atom stereocenters. The Hall–Kier alpha value is -2.18. The third-order valence-corrected chi connectivity index (χ3v) is 4.85. The Balaban J connectivity index is 2.60. The van der Waals surface area contributed by atoms with Crippen molar-refractivity contribution in [2.75, 3.05) is 6.61 Å². The molecule has 0 aliphatic heterocycles. The monoisotopic (exact) mass is 380 g/mol. The minimum absolute atomic E-state index is 0.0228. The van der Waals surface area contributed by atoms with Gasteiger partial charge in [-0.15, -0.1) is 0 Å². The molecule has 7 nitrogen and oxygen atoms in total. The van der Waals surface area contributed by atoms with Gasteiger partial charge in [0.25, 0.3) is 0 Å². The molecule has 1 spiro atoms. The van der Waals surface area contributed by atoms with Crippen molar-refractivity contribution in [2.45, 2.75) is 72.5 Å². The number of carbonyl (C=O) groups excluding carboxylic acids is 4. The van der Waals surface area contributed by atoms with Gasteiger partial charge in [-0.25, -0.2) is 9.59 Å². The number of ether oxygens (including phenoxy) is 3. The number of hydrogen-bond acceptors (Lipinski definition) is 7. The first kappa shape index (κ1) is 21.1. The number of ketones is 1. The number of esters is 3. The van der Waals surface area contributed by atoms with Gasteiger partial charge >= 0.3 is 17.9 Å². The van der Waals surface area contributed by atoms with Crippen LogP contribution in [0.5, 0.6) is 0 Å². The Labute approximate surface area is 159 Å². The summed E-state index contributed by atoms with van der Waals surface area (Å²) in [6.07, 6.45) is 1.08. The van der Waals surface area contributed by atoms with Gasteiger partial charge in [0.05, 0.1) is 35.4 Å². The van der Waals surface area contributed by atoms with Gasteiger partial charge in [0, 0.05) is 6.42 Å². The summed E-state index contributed by atoms with van der Waals surface area (Å²) in [4.78, 5) is 51.0. The number of Topliss-reactive ketones (excluding diaryl/α,β-unsaturated/α-hetero) is 1. The van der Waals surface area contributed by atoms with Crippen LogP contribution < -0.4 is 0 Å². The van der Waals surface area contributed by atoms with Crippen LogP contribution in [0.25, 0.3) is 0 Å². The van der Waals surface area contributed by atoms with Gasteiger partial charge in [-0.05, 0) is 47.5 Å². The normalized spacial score (nSPS) is 24.9. The van der Waals surface area contributed by atoms with Crippen LogP contribution in [0, 0.1) is 11.3 Å². The van der Waals surface area contributed by atoms with E-state index in [1.165, 1.54) is 0 Å². The minimum atomic E-state index is -1.35. The van der Waals surface area contributed by atoms with E-state index in [2.05, 4.69) is 0 Å². The highest BCUT2D eigenvalue weighted by Gasteiger charge is 2.67. The molecule has 2 aliphatic rings. The number of rotatable bonds is 6. The Bertz CT molecular complexity index is 674. The maximum absolute atomic E-state index is 12.9. The van der Waals surface area contributed by atoms with Crippen LogP contribution in [-0.4, -0.2) is 42.5 Å². The van der Waals surface area contributed by atoms with Crippen molar-refractivity contribution in [3.8, 4) is 0 Å². The van der Waals surface area contributed by atoms with E-state index in [9.17, 15) is 19.2 Å². The standard InChI is InChI=1S/C20H28O7/c1-6-25-18(23)15-14(17(22)26-11(2)3)16(19(24)27-12(4)5)20(15)10-8-7-9-13(20)21/h11-12,16H,6-10H2,1-5H3/t16-,20-/m0/s1. The summed E-state index contributed by atoms with van der Waals surface area (Å²) in [5.74, 6) is -3.54. The van der Waals surface area contributed by atoms with E-state index in [1.807, 2.05) is 0 Å². The molecule has 0 aromatic rings. The van der Waals surface area contributed by atoms with Gasteiger partial charge in [0.2, 0.25) is 0 Å². The van der Waals surface area contributed by atoms with Gasteiger partial charge in [-0.2, -0.15) is 0 Å². The fourth-order valence-electron chi connectivity index (χ4n) is 3.93. The zero-order chi connectivity index (χ0) is 20.4. The largest absolute Gasteiger partial charge is 0.463 e. The lowest BCUT2D eigenvalue weighted by atomic mass is 9.50. The molecule has 1 fully saturated rings. The Morgan fingerprint density at radius 2 is 1.67 bits per heavy atom.